The van der Waals surface area contributed by atoms with Gasteiger partial charge in [-0.1, -0.05) is 31.0 Å². The Balaban J connectivity index is 1.40. The molecule has 0 spiro atoms. The summed E-state index contributed by atoms with van der Waals surface area (Å²) in [5, 5.41) is 7.59. The molecular formula is C30H34N4O6. The van der Waals surface area contributed by atoms with Crippen molar-refractivity contribution in [1.82, 2.24) is 14.7 Å². The molecule has 2 heterocycles. The Labute approximate surface area is 232 Å². The summed E-state index contributed by atoms with van der Waals surface area (Å²) in [5.74, 6) is -0.119. The van der Waals surface area contributed by atoms with Gasteiger partial charge >= 0.3 is 6.09 Å². The van der Waals surface area contributed by atoms with Crippen LogP contribution in [-0.4, -0.2) is 63.7 Å². The maximum absolute atomic E-state index is 14.1. The van der Waals surface area contributed by atoms with Gasteiger partial charge in [-0.3, -0.25) is 14.4 Å². The number of amides is 2. The molecule has 3 aromatic rings. The molecule has 1 aromatic heterocycles. The Morgan fingerprint density at radius 2 is 1.75 bits per heavy atom. The number of Topliss-reactive ketones (excluding diaryl/α,β-unsaturated/α-hetero) is 1. The SMILES string of the molecule is COc1ccc(C2(C(=O)N3CC(=O)C[C@@H]3C(=O)Nc3cccc4c3cnn4C(=O)OC(C)(C)C)CCCC2)cc1. The normalized spacial score (nSPS) is 18.6. The zero-order valence-corrected chi connectivity index (χ0v) is 23.2. The van der Waals surface area contributed by atoms with Gasteiger partial charge in [-0.25, -0.2) is 4.79 Å². The smallest absolute Gasteiger partial charge is 0.435 e. The van der Waals surface area contributed by atoms with Crippen molar-refractivity contribution in [3.05, 3.63) is 54.2 Å². The number of nitrogens with one attached hydrogen (secondary N) is 1. The van der Waals surface area contributed by atoms with Crippen molar-refractivity contribution in [3.8, 4) is 5.75 Å². The van der Waals surface area contributed by atoms with E-state index in [0.29, 0.717) is 35.2 Å². The van der Waals surface area contributed by atoms with Crippen molar-refractivity contribution in [3.63, 3.8) is 0 Å². The molecule has 0 radical (unpaired) electrons. The number of carbonyl (C=O) groups is 4. The van der Waals surface area contributed by atoms with Crippen LogP contribution in [-0.2, 0) is 24.5 Å². The number of benzene rings is 2. The molecule has 1 atom stereocenters. The standard InChI is InChI=1S/C30H34N4O6/c1-29(2,3)40-28(38)34-24-9-7-8-23(22(24)17-31-34)32-26(36)25-16-20(35)18-33(25)27(37)30(14-5-6-15-30)19-10-12-21(39-4)13-11-19/h7-13,17,25H,5-6,14-16,18H2,1-4H3,(H,32,36)/t25-/m1/s1. The number of fused-ring (bicyclic) bond motifs is 1. The summed E-state index contributed by atoms with van der Waals surface area (Å²) in [7, 11) is 1.59. The molecule has 10 heteroatoms. The Bertz CT molecular complexity index is 1460. The van der Waals surface area contributed by atoms with Crippen LogP contribution in [0.25, 0.3) is 10.9 Å². The van der Waals surface area contributed by atoms with Crippen LogP contribution < -0.4 is 10.1 Å². The number of hydrogen-bond acceptors (Lipinski definition) is 7. The first kappa shape index (κ1) is 27.4. The van der Waals surface area contributed by atoms with Crippen LogP contribution >= 0.6 is 0 Å². The van der Waals surface area contributed by atoms with Gasteiger partial charge in [0, 0.05) is 11.8 Å². The van der Waals surface area contributed by atoms with Crippen LogP contribution in [0.2, 0.25) is 0 Å². The molecule has 40 heavy (non-hydrogen) atoms. The predicted octanol–water partition coefficient (Wildman–Crippen LogP) is 4.45. The summed E-state index contributed by atoms with van der Waals surface area (Å²) in [6, 6.07) is 11.6. The third-order valence-corrected chi connectivity index (χ3v) is 7.65. The lowest BCUT2D eigenvalue weighted by molar-refractivity contribution is -0.142. The second-order valence-electron chi connectivity index (χ2n) is 11.5. The van der Waals surface area contributed by atoms with Gasteiger partial charge in [0.15, 0.2) is 5.78 Å². The summed E-state index contributed by atoms with van der Waals surface area (Å²) in [6.45, 7) is 5.20. The first-order chi connectivity index (χ1) is 19.0. The van der Waals surface area contributed by atoms with E-state index in [9.17, 15) is 19.2 Å². The lowest BCUT2D eigenvalue weighted by Gasteiger charge is -2.35. The Kier molecular flexibility index (Phi) is 7.12. The molecule has 1 N–H and O–H groups in total. The van der Waals surface area contributed by atoms with E-state index in [1.165, 1.54) is 11.1 Å². The van der Waals surface area contributed by atoms with E-state index < -0.39 is 29.1 Å². The molecule has 0 bridgehead atoms. The lowest BCUT2D eigenvalue weighted by atomic mass is 9.77. The van der Waals surface area contributed by atoms with Gasteiger partial charge in [-0.2, -0.15) is 9.78 Å². The fraction of sp³-hybridized carbons (Fsp3) is 0.433. The molecule has 2 aromatic carbocycles. The second-order valence-corrected chi connectivity index (χ2v) is 11.5. The van der Waals surface area contributed by atoms with Gasteiger partial charge in [-0.15, -0.1) is 0 Å². The number of hydrogen-bond donors (Lipinski definition) is 1. The summed E-state index contributed by atoms with van der Waals surface area (Å²) in [4.78, 5) is 54.4. The minimum Gasteiger partial charge on any atom is -0.497 e. The van der Waals surface area contributed by atoms with Crippen LogP contribution in [0.15, 0.2) is 48.7 Å². The Morgan fingerprint density at radius 1 is 1.05 bits per heavy atom. The Hall–Kier alpha value is -4.21. The highest BCUT2D eigenvalue weighted by Gasteiger charge is 2.50. The van der Waals surface area contributed by atoms with Crippen molar-refractivity contribution in [1.29, 1.82) is 0 Å². The van der Waals surface area contributed by atoms with Crippen LogP contribution in [0.3, 0.4) is 0 Å². The number of aromatic nitrogens is 2. The number of carbonyl (C=O) groups excluding carboxylic acids is 4. The highest BCUT2D eigenvalue weighted by atomic mass is 16.6. The van der Waals surface area contributed by atoms with E-state index in [0.717, 1.165) is 23.1 Å². The molecule has 210 valence electrons. The highest BCUT2D eigenvalue weighted by Crippen LogP contribution is 2.44. The van der Waals surface area contributed by atoms with E-state index in [1.807, 2.05) is 24.3 Å². The first-order valence-corrected chi connectivity index (χ1v) is 13.5. The van der Waals surface area contributed by atoms with E-state index >= 15 is 0 Å². The van der Waals surface area contributed by atoms with Crippen molar-refractivity contribution in [2.45, 2.75) is 69.9 Å². The molecule has 2 amide bonds. The average molecular weight is 547 g/mol. The highest BCUT2D eigenvalue weighted by molar-refractivity contribution is 6.08. The van der Waals surface area contributed by atoms with E-state index in [1.54, 1.807) is 46.1 Å². The van der Waals surface area contributed by atoms with Gasteiger partial charge in [-0.05, 0) is 63.4 Å². The molecule has 10 nitrogen and oxygen atoms in total. The summed E-state index contributed by atoms with van der Waals surface area (Å²) in [6.07, 6.45) is 3.88. The summed E-state index contributed by atoms with van der Waals surface area (Å²) in [5.41, 5.74) is 0.272. The van der Waals surface area contributed by atoms with Crippen molar-refractivity contribution >= 4 is 40.3 Å². The minimum atomic E-state index is -0.938. The van der Waals surface area contributed by atoms with Gasteiger partial charge in [0.1, 0.15) is 17.4 Å². The monoisotopic (exact) mass is 546 g/mol. The van der Waals surface area contributed by atoms with Crippen LogP contribution in [0.4, 0.5) is 10.5 Å². The van der Waals surface area contributed by atoms with Crippen LogP contribution in [0.1, 0.15) is 58.4 Å². The van der Waals surface area contributed by atoms with Crippen molar-refractivity contribution in [2.24, 2.45) is 0 Å². The molecule has 5 rings (SSSR count). The molecule has 1 aliphatic carbocycles. The van der Waals surface area contributed by atoms with E-state index in [4.69, 9.17) is 9.47 Å². The minimum absolute atomic E-state index is 0.0522. The first-order valence-electron chi connectivity index (χ1n) is 13.5. The van der Waals surface area contributed by atoms with E-state index in [-0.39, 0.29) is 24.7 Å². The third kappa shape index (κ3) is 5.05. The van der Waals surface area contributed by atoms with Gasteiger partial charge in [0.05, 0.1) is 36.5 Å². The summed E-state index contributed by atoms with van der Waals surface area (Å²) < 4.78 is 11.9. The number of nitrogens with zero attached hydrogens (tertiary/aromatic N) is 3. The topological polar surface area (TPSA) is 120 Å². The molecule has 1 aliphatic heterocycles. The average Bonchev–Trinajstić information content (AvgIpc) is 3.66. The van der Waals surface area contributed by atoms with Gasteiger partial charge in [0.2, 0.25) is 11.8 Å². The van der Waals surface area contributed by atoms with Crippen LogP contribution in [0.5, 0.6) is 5.75 Å². The number of ether oxygens (including phenoxy) is 2. The zero-order valence-electron chi connectivity index (χ0n) is 23.2. The van der Waals surface area contributed by atoms with Crippen molar-refractivity contribution in [2.75, 3.05) is 19.0 Å². The number of rotatable bonds is 5. The predicted molar refractivity (Wildman–Crippen MR) is 148 cm³/mol. The summed E-state index contributed by atoms with van der Waals surface area (Å²) >= 11 is 0. The molecule has 2 aliphatic rings. The zero-order chi connectivity index (χ0) is 28.7. The van der Waals surface area contributed by atoms with Gasteiger partial charge in [0.25, 0.3) is 0 Å². The van der Waals surface area contributed by atoms with Crippen LogP contribution in [0, 0.1) is 0 Å². The molecule has 0 unspecified atom stereocenters. The maximum Gasteiger partial charge on any atom is 0.435 e. The quantitative estimate of drug-likeness (QED) is 0.502. The maximum atomic E-state index is 14.1. The molecule has 2 fully saturated rings. The Morgan fingerprint density at radius 3 is 2.40 bits per heavy atom. The molecule has 1 saturated heterocycles. The molecule has 1 saturated carbocycles. The number of ketones is 1. The third-order valence-electron chi connectivity index (χ3n) is 7.65. The largest absolute Gasteiger partial charge is 0.497 e. The van der Waals surface area contributed by atoms with E-state index in [2.05, 4.69) is 10.4 Å². The van der Waals surface area contributed by atoms with Crippen molar-refractivity contribution < 1.29 is 28.7 Å². The molecular weight excluding hydrogens is 512 g/mol. The number of anilines is 1. The number of likely N-dealkylation sites (tertiary alicyclic amines) is 1. The lowest BCUT2D eigenvalue weighted by Crippen LogP contribution is -2.51. The fourth-order valence-corrected chi connectivity index (χ4v) is 5.75. The second kappa shape index (κ2) is 10.4. The fourth-order valence-electron chi connectivity index (χ4n) is 5.75. The van der Waals surface area contributed by atoms with Gasteiger partial charge < -0.3 is 19.7 Å². The number of methoxy groups -OCH3 is 1.